The molecule has 1 saturated heterocycles. The average molecular weight is 428 g/mol. The van der Waals surface area contributed by atoms with Crippen molar-refractivity contribution in [3.8, 4) is 16.9 Å². The van der Waals surface area contributed by atoms with E-state index in [1.807, 2.05) is 24.5 Å². The molecule has 5 rings (SSSR count). The Hall–Kier alpha value is -3.18. The fourth-order valence-corrected chi connectivity index (χ4v) is 4.76. The number of hydrogen-bond acceptors (Lipinski definition) is 4. The maximum Gasteiger partial charge on any atom is 0.224 e. The van der Waals surface area contributed by atoms with E-state index in [1.165, 1.54) is 16.7 Å². The Labute approximate surface area is 189 Å². The first-order chi connectivity index (χ1) is 15.6. The molecule has 0 radical (unpaired) electrons. The first kappa shape index (κ1) is 20.7. The van der Waals surface area contributed by atoms with Crippen LogP contribution in [0.5, 0.6) is 5.75 Å². The molecule has 32 heavy (non-hydrogen) atoms. The van der Waals surface area contributed by atoms with E-state index in [1.54, 1.807) is 0 Å². The number of rotatable bonds is 5. The number of fused-ring (bicyclic) bond motifs is 1. The molecule has 2 atom stereocenters. The van der Waals surface area contributed by atoms with E-state index in [4.69, 9.17) is 4.74 Å². The fourth-order valence-electron chi connectivity index (χ4n) is 4.76. The lowest BCUT2D eigenvalue weighted by Gasteiger charge is -2.23. The maximum atomic E-state index is 12.7. The number of hydrogen-bond donors (Lipinski definition) is 1. The van der Waals surface area contributed by atoms with Crippen LogP contribution in [0, 0.1) is 5.92 Å². The van der Waals surface area contributed by atoms with Gasteiger partial charge in [-0.1, -0.05) is 36.4 Å². The standard InChI is InChI=1S/C27H29N3O2/c1-19-14-24-16-21(4-7-26(24)32-19)17-30-13-12-29-27(31)25(18-30)15-20-2-5-22(6-3-20)23-8-10-28-11-9-23/h2-11,16,19,25H,12-15,17-18H2,1H3,(H,29,31)/t19-,25-/m1/s1. The van der Waals surface area contributed by atoms with Gasteiger partial charge in [0.05, 0.1) is 5.92 Å². The van der Waals surface area contributed by atoms with Crippen molar-refractivity contribution in [1.29, 1.82) is 0 Å². The third-order valence-corrected chi connectivity index (χ3v) is 6.39. The van der Waals surface area contributed by atoms with Gasteiger partial charge in [0.25, 0.3) is 0 Å². The molecule has 1 aromatic heterocycles. The van der Waals surface area contributed by atoms with Crippen molar-refractivity contribution in [2.75, 3.05) is 19.6 Å². The van der Waals surface area contributed by atoms with Crippen LogP contribution in [0.15, 0.2) is 67.0 Å². The summed E-state index contributed by atoms with van der Waals surface area (Å²) in [4.78, 5) is 19.2. The van der Waals surface area contributed by atoms with Crippen LogP contribution in [0.25, 0.3) is 11.1 Å². The molecule has 5 heteroatoms. The summed E-state index contributed by atoms with van der Waals surface area (Å²) in [6.07, 6.45) is 5.59. The van der Waals surface area contributed by atoms with Crippen molar-refractivity contribution in [2.24, 2.45) is 5.92 Å². The van der Waals surface area contributed by atoms with E-state index >= 15 is 0 Å². The molecule has 0 unspecified atom stereocenters. The molecule has 0 bridgehead atoms. The Bertz CT molecular complexity index is 1080. The van der Waals surface area contributed by atoms with Gasteiger partial charge in [-0.2, -0.15) is 0 Å². The number of amides is 1. The highest BCUT2D eigenvalue weighted by molar-refractivity contribution is 5.79. The maximum absolute atomic E-state index is 12.7. The van der Waals surface area contributed by atoms with Gasteiger partial charge >= 0.3 is 0 Å². The molecule has 0 saturated carbocycles. The minimum Gasteiger partial charge on any atom is -0.490 e. The number of nitrogens with one attached hydrogen (secondary N) is 1. The Kier molecular flexibility index (Phi) is 5.91. The number of carbonyl (C=O) groups is 1. The summed E-state index contributed by atoms with van der Waals surface area (Å²) in [5.74, 6) is 1.12. The van der Waals surface area contributed by atoms with Crippen molar-refractivity contribution in [2.45, 2.75) is 32.4 Å². The number of pyridine rings is 1. The summed E-state index contributed by atoms with van der Waals surface area (Å²) in [7, 11) is 0. The Morgan fingerprint density at radius 1 is 1.03 bits per heavy atom. The predicted octanol–water partition coefficient (Wildman–Crippen LogP) is 3.86. The lowest BCUT2D eigenvalue weighted by atomic mass is 9.96. The molecule has 2 aliphatic heterocycles. The fraction of sp³-hybridized carbons (Fsp3) is 0.333. The quantitative estimate of drug-likeness (QED) is 0.672. The van der Waals surface area contributed by atoms with Crippen molar-refractivity contribution in [3.05, 3.63) is 83.7 Å². The zero-order chi connectivity index (χ0) is 21.9. The first-order valence-electron chi connectivity index (χ1n) is 11.4. The van der Waals surface area contributed by atoms with Gasteiger partial charge < -0.3 is 10.1 Å². The minimum absolute atomic E-state index is 0.0536. The molecule has 0 spiro atoms. The van der Waals surface area contributed by atoms with Crippen LogP contribution in [0.2, 0.25) is 0 Å². The highest BCUT2D eigenvalue weighted by atomic mass is 16.5. The Balaban J connectivity index is 1.26. The van der Waals surface area contributed by atoms with Gasteiger partial charge in [0.15, 0.2) is 0 Å². The van der Waals surface area contributed by atoms with Gasteiger partial charge in [-0.3, -0.25) is 14.7 Å². The average Bonchev–Trinajstić information content (AvgIpc) is 3.09. The molecule has 164 valence electrons. The highest BCUT2D eigenvalue weighted by Crippen LogP contribution is 2.30. The highest BCUT2D eigenvalue weighted by Gasteiger charge is 2.26. The second-order valence-corrected chi connectivity index (χ2v) is 8.93. The summed E-state index contributed by atoms with van der Waals surface area (Å²) >= 11 is 0. The zero-order valence-electron chi connectivity index (χ0n) is 18.5. The van der Waals surface area contributed by atoms with Gasteiger partial charge in [0, 0.05) is 45.0 Å². The molecule has 1 amide bonds. The van der Waals surface area contributed by atoms with Gasteiger partial charge in [0.1, 0.15) is 11.9 Å². The topological polar surface area (TPSA) is 54.5 Å². The third kappa shape index (κ3) is 4.68. The van der Waals surface area contributed by atoms with E-state index in [9.17, 15) is 4.79 Å². The van der Waals surface area contributed by atoms with Crippen molar-refractivity contribution >= 4 is 5.91 Å². The summed E-state index contributed by atoms with van der Waals surface area (Å²) in [6, 6.07) is 19.1. The minimum atomic E-state index is -0.0536. The lowest BCUT2D eigenvalue weighted by Crippen LogP contribution is -2.33. The van der Waals surface area contributed by atoms with Crippen LogP contribution < -0.4 is 10.1 Å². The molecular formula is C27H29N3O2. The first-order valence-corrected chi connectivity index (χ1v) is 11.4. The summed E-state index contributed by atoms with van der Waals surface area (Å²) < 4.78 is 5.83. The molecule has 3 heterocycles. The smallest absolute Gasteiger partial charge is 0.224 e. The molecule has 5 nitrogen and oxygen atoms in total. The molecular weight excluding hydrogens is 398 g/mol. The largest absolute Gasteiger partial charge is 0.490 e. The van der Waals surface area contributed by atoms with Crippen molar-refractivity contribution in [3.63, 3.8) is 0 Å². The molecule has 1 fully saturated rings. The van der Waals surface area contributed by atoms with Crippen molar-refractivity contribution < 1.29 is 9.53 Å². The second-order valence-electron chi connectivity index (χ2n) is 8.93. The Morgan fingerprint density at radius 2 is 1.78 bits per heavy atom. The van der Waals surface area contributed by atoms with E-state index in [0.29, 0.717) is 6.54 Å². The van der Waals surface area contributed by atoms with E-state index in [2.05, 4.69) is 64.6 Å². The number of carbonyl (C=O) groups excluding carboxylic acids is 1. The monoisotopic (exact) mass is 427 g/mol. The van der Waals surface area contributed by atoms with E-state index in [-0.39, 0.29) is 17.9 Å². The molecule has 0 aliphatic carbocycles. The third-order valence-electron chi connectivity index (χ3n) is 6.39. The number of ether oxygens (including phenoxy) is 1. The lowest BCUT2D eigenvalue weighted by molar-refractivity contribution is -0.124. The predicted molar refractivity (Wildman–Crippen MR) is 125 cm³/mol. The van der Waals surface area contributed by atoms with E-state index in [0.717, 1.165) is 49.4 Å². The van der Waals surface area contributed by atoms with Gasteiger partial charge in [-0.25, -0.2) is 0 Å². The number of nitrogens with zero attached hydrogens (tertiary/aromatic N) is 2. The molecule has 2 aliphatic rings. The SMILES string of the molecule is C[C@@H]1Cc2cc(CN3CCNC(=O)[C@H](Cc4ccc(-c5ccncc5)cc4)C3)ccc2O1. The zero-order valence-corrected chi connectivity index (χ0v) is 18.5. The summed E-state index contributed by atoms with van der Waals surface area (Å²) in [5, 5.41) is 3.11. The number of benzene rings is 2. The van der Waals surface area contributed by atoms with Crippen LogP contribution in [-0.2, 0) is 24.2 Å². The number of aromatic nitrogens is 1. The Morgan fingerprint density at radius 3 is 2.59 bits per heavy atom. The van der Waals surface area contributed by atoms with Crippen LogP contribution in [0.1, 0.15) is 23.6 Å². The van der Waals surface area contributed by atoms with Crippen LogP contribution in [0.4, 0.5) is 0 Å². The normalized spacial score (nSPS) is 20.8. The van der Waals surface area contributed by atoms with Gasteiger partial charge in [-0.15, -0.1) is 0 Å². The van der Waals surface area contributed by atoms with Gasteiger partial charge in [-0.05, 0) is 59.4 Å². The van der Waals surface area contributed by atoms with Gasteiger partial charge in [0.2, 0.25) is 5.91 Å². The molecule has 2 aromatic carbocycles. The summed E-state index contributed by atoms with van der Waals surface area (Å²) in [5.41, 5.74) is 6.09. The van der Waals surface area contributed by atoms with Crippen LogP contribution in [-0.4, -0.2) is 41.5 Å². The summed E-state index contributed by atoms with van der Waals surface area (Å²) in [6.45, 7) is 5.30. The second kappa shape index (κ2) is 9.13. The molecule has 3 aromatic rings. The van der Waals surface area contributed by atoms with Crippen molar-refractivity contribution in [1.82, 2.24) is 15.2 Å². The molecule has 1 N–H and O–H groups in total. The van der Waals surface area contributed by atoms with Crippen LogP contribution in [0.3, 0.4) is 0 Å². The van der Waals surface area contributed by atoms with E-state index < -0.39 is 0 Å². The van der Waals surface area contributed by atoms with Crippen LogP contribution >= 0.6 is 0 Å².